The summed E-state index contributed by atoms with van der Waals surface area (Å²) in [5, 5.41) is 10.9. The maximum Gasteiger partial charge on any atom is 0.325 e. The van der Waals surface area contributed by atoms with Gasteiger partial charge in [0.2, 0.25) is 5.91 Å². The number of anilines is 2. The van der Waals surface area contributed by atoms with Crippen LogP contribution in [-0.4, -0.2) is 23.5 Å². The lowest BCUT2D eigenvalue weighted by atomic mass is 10.2. The molecule has 1 aromatic carbocycles. The molecule has 0 aliphatic rings. The Morgan fingerprint density at radius 2 is 2.13 bits per heavy atom. The van der Waals surface area contributed by atoms with Crippen molar-refractivity contribution in [3.63, 3.8) is 0 Å². The molecule has 0 fully saturated rings. The molecule has 0 saturated carbocycles. The maximum atomic E-state index is 11.9. The lowest BCUT2D eigenvalue weighted by molar-refractivity contribution is -0.120. The number of rotatable bonds is 6. The first-order valence-electron chi connectivity index (χ1n) is 7.11. The van der Waals surface area contributed by atoms with Gasteiger partial charge in [-0.1, -0.05) is 17.7 Å². The van der Waals surface area contributed by atoms with Gasteiger partial charge in [-0.2, -0.15) is 0 Å². The number of halogens is 1. The zero-order valence-electron chi connectivity index (χ0n) is 12.6. The Morgan fingerprint density at radius 3 is 2.87 bits per heavy atom. The van der Waals surface area contributed by atoms with Crippen LogP contribution in [0.1, 0.15) is 19.0 Å². The predicted octanol–water partition coefficient (Wildman–Crippen LogP) is 3.51. The Bertz CT molecular complexity index is 690. The van der Waals surface area contributed by atoms with Crippen molar-refractivity contribution in [3.05, 3.63) is 40.4 Å². The molecule has 3 N–H and O–H groups in total. The molecule has 0 atom stereocenters. The van der Waals surface area contributed by atoms with Gasteiger partial charge in [0.15, 0.2) is 5.13 Å². The number of aryl methyl sites for hydroxylation is 1. The van der Waals surface area contributed by atoms with Gasteiger partial charge in [0.25, 0.3) is 0 Å². The Labute approximate surface area is 143 Å². The van der Waals surface area contributed by atoms with Crippen molar-refractivity contribution in [2.45, 2.75) is 19.8 Å². The third-order valence-electron chi connectivity index (χ3n) is 2.84. The summed E-state index contributed by atoms with van der Waals surface area (Å²) in [4.78, 5) is 27.6. The van der Waals surface area contributed by atoms with Crippen LogP contribution in [-0.2, 0) is 11.2 Å². The first-order chi connectivity index (χ1) is 11.1. The molecule has 2 rings (SSSR count). The Hall–Kier alpha value is -2.12. The van der Waals surface area contributed by atoms with Gasteiger partial charge in [-0.3, -0.25) is 10.1 Å². The van der Waals surface area contributed by atoms with Crippen molar-refractivity contribution in [3.8, 4) is 0 Å². The van der Waals surface area contributed by atoms with Crippen molar-refractivity contribution in [1.82, 2.24) is 10.3 Å². The molecule has 23 heavy (non-hydrogen) atoms. The average Bonchev–Trinajstić information content (AvgIpc) is 2.93. The highest BCUT2D eigenvalue weighted by Gasteiger charge is 2.08. The highest BCUT2D eigenvalue weighted by molar-refractivity contribution is 7.13. The lowest BCUT2D eigenvalue weighted by Crippen LogP contribution is -2.22. The van der Waals surface area contributed by atoms with Crippen LogP contribution in [0.5, 0.6) is 0 Å². The lowest BCUT2D eigenvalue weighted by Gasteiger charge is -2.05. The second-order valence-electron chi connectivity index (χ2n) is 4.69. The molecule has 8 heteroatoms. The highest BCUT2D eigenvalue weighted by Crippen LogP contribution is 2.18. The Balaban J connectivity index is 1.83. The zero-order valence-corrected chi connectivity index (χ0v) is 14.1. The molecular formula is C15H17ClN4O2S. The number of nitrogens with zero attached hydrogens (tertiary/aromatic N) is 1. The number of thiazole rings is 1. The Kier molecular flexibility index (Phi) is 6.37. The van der Waals surface area contributed by atoms with Crippen LogP contribution in [0.4, 0.5) is 15.6 Å². The van der Waals surface area contributed by atoms with Gasteiger partial charge in [0.1, 0.15) is 0 Å². The molecule has 1 heterocycles. The van der Waals surface area contributed by atoms with E-state index in [0.717, 1.165) is 5.69 Å². The molecule has 0 unspecified atom stereocenters. The van der Waals surface area contributed by atoms with Gasteiger partial charge in [0.05, 0.1) is 5.69 Å². The van der Waals surface area contributed by atoms with E-state index >= 15 is 0 Å². The molecule has 0 aliphatic carbocycles. The monoisotopic (exact) mass is 352 g/mol. The van der Waals surface area contributed by atoms with Crippen molar-refractivity contribution < 1.29 is 9.59 Å². The smallest absolute Gasteiger partial charge is 0.325 e. The molecule has 2 aromatic rings. The van der Waals surface area contributed by atoms with E-state index in [1.165, 1.54) is 11.3 Å². The molecule has 0 bridgehead atoms. The standard InChI is InChI=1S/C15H17ClN4O2S/c1-2-17-13(21)7-6-12-9-23-15(19-12)20-14(22)18-11-5-3-4-10(16)8-11/h3-5,8-9H,2,6-7H2,1H3,(H,17,21)(H2,18,19,20,22). The van der Waals surface area contributed by atoms with E-state index in [-0.39, 0.29) is 5.91 Å². The number of hydrogen-bond acceptors (Lipinski definition) is 4. The molecule has 0 spiro atoms. The Morgan fingerprint density at radius 1 is 1.30 bits per heavy atom. The van der Waals surface area contributed by atoms with Crippen molar-refractivity contribution in [2.24, 2.45) is 0 Å². The first kappa shape index (κ1) is 17.2. The van der Waals surface area contributed by atoms with Crippen LogP contribution >= 0.6 is 22.9 Å². The summed E-state index contributed by atoms with van der Waals surface area (Å²) in [6.45, 7) is 2.49. The van der Waals surface area contributed by atoms with E-state index < -0.39 is 6.03 Å². The summed E-state index contributed by atoms with van der Waals surface area (Å²) >= 11 is 7.18. The van der Waals surface area contributed by atoms with E-state index in [0.29, 0.717) is 35.2 Å². The first-order valence-corrected chi connectivity index (χ1v) is 8.37. The van der Waals surface area contributed by atoms with Crippen molar-refractivity contribution >= 4 is 45.7 Å². The number of carbonyl (C=O) groups excluding carboxylic acids is 2. The molecule has 6 nitrogen and oxygen atoms in total. The number of aromatic nitrogens is 1. The van der Waals surface area contributed by atoms with Crippen LogP contribution in [0.15, 0.2) is 29.6 Å². The van der Waals surface area contributed by atoms with Crippen LogP contribution in [0.25, 0.3) is 0 Å². The maximum absolute atomic E-state index is 11.9. The summed E-state index contributed by atoms with van der Waals surface area (Å²) in [7, 11) is 0. The molecule has 3 amide bonds. The number of amides is 3. The van der Waals surface area contributed by atoms with Crippen LogP contribution in [0, 0.1) is 0 Å². The van der Waals surface area contributed by atoms with Gasteiger partial charge >= 0.3 is 6.03 Å². The largest absolute Gasteiger partial charge is 0.356 e. The number of hydrogen-bond donors (Lipinski definition) is 3. The normalized spacial score (nSPS) is 10.2. The van der Waals surface area contributed by atoms with Gasteiger partial charge in [-0.25, -0.2) is 9.78 Å². The van der Waals surface area contributed by atoms with Gasteiger partial charge in [-0.05, 0) is 31.5 Å². The fourth-order valence-corrected chi connectivity index (χ4v) is 2.76. The van der Waals surface area contributed by atoms with Crippen LogP contribution < -0.4 is 16.0 Å². The average molecular weight is 353 g/mol. The zero-order chi connectivity index (χ0) is 16.7. The molecule has 0 aliphatic heterocycles. The SMILES string of the molecule is CCNC(=O)CCc1csc(NC(=O)Nc2cccc(Cl)c2)n1. The number of carbonyl (C=O) groups is 2. The van der Waals surface area contributed by atoms with Crippen LogP contribution in [0.2, 0.25) is 5.02 Å². The predicted molar refractivity (Wildman–Crippen MR) is 93.2 cm³/mol. The van der Waals surface area contributed by atoms with Gasteiger partial charge in [0, 0.05) is 29.1 Å². The second kappa shape index (κ2) is 8.50. The topological polar surface area (TPSA) is 83.1 Å². The van der Waals surface area contributed by atoms with E-state index in [4.69, 9.17) is 11.6 Å². The van der Waals surface area contributed by atoms with E-state index in [9.17, 15) is 9.59 Å². The van der Waals surface area contributed by atoms with E-state index in [1.54, 1.807) is 24.3 Å². The summed E-state index contributed by atoms with van der Waals surface area (Å²) in [5.74, 6) is -0.00583. The molecular weight excluding hydrogens is 336 g/mol. The summed E-state index contributed by atoms with van der Waals surface area (Å²) in [5.41, 5.74) is 1.38. The minimum absolute atomic E-state index is 0.00583. The number of urea groups is 1. The fraction of sp³-hybridized carbons (Fsp3) is 0.267. The minimum Gasteiger partial charge on any atom is -0.356 e. The molecule has 0 saturated heterocycles. The van der Waals surface area contributed by atoms with E-state index in [1.807, 2.05) is 12.3 Å². The van der Waals surface area contributed by atoms with Crippen molar-refractivity contribution in [1.29, 1.82) is 0 Å². The highest BCUT2D eigenvalue weighted by atomic mass is 35.5. The summed E-state index contributed by atoms with van der Waals surface area (Å²) in [6.07, 6.45) is 0.922. The van der Waals surface area contributed by atoms with Gasteiger partial charge < -0.3 is 10.6 Å². The number of nitrogens with one attached hydrogen (secondary N) is 3. The summed E-state index contributed by atoms with van der Waals surface area (Å²) in [6, 6.07) is 6.48. The van der Waals surface area contributed by atoms with Crippen LogP contribution in [0.3, 0.4) is 0 Å². The number of benzene rings is 1. The molecule has 0 radical (unpaired) electrons. The van der Waals surface area contributed by atoms with Gasteiger partial charge in [-0.15, -0.1) is 11.3 Å². The van der Waals surface area contributed by atoms with Crippen molar-refractivity contribution in [2.75, 3.05) is 17.2 Å². The quantitative estimate of drug-likeness (QED) is 0.743. The molecule has 122 valence electrons. The third kappa shape index (κ3) is 5.88. The fourth-order valence-electron chi connectivity index (χ4n) is 1.83. The molecule has 1 aromatic heterocycles. The minimum atomic E-state index is -0.392. The second-order valence-corrected chi connectivity index (χ2v) is 5.98. The third-order valence-corrected chi connectivity index (χ3v) is 3.88. The summed E-state index contributed by atoms with van der Waals surface area (Å²) < 4.78 is 0. The van der Waals surface area contributed by atoms with E-state index in [2.05, 4.69) is 20.9 Å².